The monoisotopic (exact) mass is 283 g/mol. The van der Waals surface area contributed by atoms with E-state index in [4.69, 9.17) is 4.52 Å². The number of rotatable bonds is 6. The lowest BCUT2D eigenvalue weighted by Crippen LogP contribution is -2.23. The van der Waals surface area contributed by atoms with Crippen LogP contribution in [0.2, 0.25) is 0 Å². The third kappa shape index (κ3) is 3.42. The molecular formula is C9H18NO3PS2. The maximum atomic E-state index is 12.6. The van der Waals surface area contributed by atoms with Gasteiger partial charge in [0.2, 0.25) is 5.91 Å². The first kappa shape index (κ1) is 14.4. The van der Waals surface area contributed by atoms with Gasteiger partial charge in [-0.25, -0.2) is 0 Å². The number of carbonyl (C=O) groups excluding carboxylic acids is 1. The molecule has 1 aliphatic heterocycles. The fourth-order valence-corrected chi connectivity index (χ4v) is 7.78. The second-order valence-corrected chi connectivity index (χ2v) is 9.15. The summed E-state index contributed by atoms with van der Waals surface area (Å²) < 4.78 is 19.4. The molecule has 0 aliphatic carbocycles. The second kappa shape index (κ2) is 6.34. The molecule has 1 heterocycles. The van der Waals surface area contributed by atoms with Gasteiger partial charge in [0.1, 0.15) is 0 Å². The van der Waals surface area contributed by atoms with Crippen LogP contribution in [-0.4, -0.2) is 34.1 Å². The SMILES string of the molecule is CCOP(=O)(SC(C)CC)N1CSCC1=O. The zero-order chi connectivity index (χ0) is 12.2. The molecule has 1 saturated heterocycles. The molecule has 2 atom stereocenters. The Balaban J connectivity index is 2.78. The van der Waals surface area contributed by atoms with Crippen molar-refractivity contribution in [1.82, 2.24) is 4.67 Å². The average Bonchev–Trinajstić information content (AvgIpc) is 2.65. The lowest BCUT2D eigenvalue weighted by atomic mass is 10.4. The normalized spacial score (nSPS) is 22.2. The number of nitrogens with zero attached hydrogens (tertiary/aromatic N) is 1. The van der Waals surface area contributed by atoms with Gasteiger partial charge < -0.3 is 4.52 Å². The van der Waals surface area contributed by atoms with Crippen molar-refractivity contribution >= 4 is 35.8 Å². The highest BCUT2D eigenvalue weighted by molar-refractivity contribution is 8.56. The molecule has 1 aliphatic rings. The van der Waals surface area contributed by atoms with Crippen LogP contribution < -0.4 is 0 Å². The van der Waals surface area contributed by atoms with E-state index in [0.717, 1.165) is 6.42 Å². The third-order valence-electron chi connectivity index (χ3n) is 2.20. The van der Waals surface area contributed by atoms with Crippen LogP contribution in [0.5, 0.6) is 0 Å². The molecule has 0 saturated carbocycles. The molecule has 1 fully saturated rings. The molecule has 2 unspecified atom stereocenters. The zero-order valence-electron chi connectivity index (χ0n) is 9.84. The van der Waals surface area contributed by atoms with Gasteiger partial charge in [0, 0.05) is 5.25 Å². The van der Waals surface area contributed by atoms with Crippen LogP contribution in [0.4, 0.5) is 0 Å². The molecule has 4 nitrogen and oxygen atoms in total. The standard InChI is InChI=1S/C9H18NO3PS2/c1-4-8(3)16-14(12,13-5-2)10-7-15-6-9(10)11/h8H,4-7H2,1-3H3. The van der Waals surface area contributed by atoms with Crippen molar-refractivity contribution < 1.29 is 13.9 Å². The third-order valence-corrected chi connectivity index (χ3v) is 8.57. The largest absolute Gasteiger partial charge is 0.356 e. The Morgan fingerprint density at radius 1 is 1.62 bits per heavy atom. The van der Waals surface area contributed by atoms with Crippen molar-refractivity contribution in [3.63, 3.8) is 0 Å². The number of carbonyl (C=O) groups is 1. The summed E-state index contributed by atoms with van der Waals surface area (Å²) in [6.45, 7) is 3.20. The summed E-state index contributed by atoms with van der Waals surface area (Å²) in [6.07, 6.45) is 0.914. The van der Waals surface area contributed by atoms with Crippen LogP contribution in [0.25, 0.3) is 0 Å². The van der Waals surface area contributed by atoms with Crippen LogP contribution in [-0.2, 0) is 13.9 Å². The van der Waals surface area contributed by atoms with Crippen molar-refractivity contribution in [1.29, 1.82) is 0 Å². The van der Waals surface area contributed by atoms with Gasteiger partial charge in [-0.3, -0.25) is 14.0 Å². The Bertz CT molecular complexity index is 300. The molecular weight excluding hydrogens is 265 g/mol. The molecule has 0 radical (unpaired) electrons. The molecule has 0 bridgehead atoms. The molecule has 0 aromatic carbocycles. The van der Waals surface area contributed by atoms with Crippen LogP contribution in [0.1, 0.15) is 27.2 Å². The first-order valence-electron chi connectivity index (χ1n) is 5.35. The highest BCUT2D eigenvalue weighted by atomic mass is 32.7. The predicted octanol–water partition coefficient (Wildman–Crippen LogP) is 3.20. The molecule has 0 aromatic rings. The Morgan fingerprint density at radius 3 is 2.75 bits per heavy atom. The summed E-state index contributed by atoms with van der Waals surface area (Å²) in [7, 11) is 0. The summed E-state index contributed by atoms with van der Waals surface area (Å²) in [5.74, 6) is 0.829. The first-order valence-corrected chi connectivity index (χ1v) is 9.56. The lowest BCUT2D eigenvalue weighted by molar-refractivity contribution is -0.122. The molecule has 16 heavy (non-hydrogen) atoms. The summed E-state index contributed by atoms with van der Waals surface area (Å²) >= 11 is 2.79. The van der Waals surface area contributed by atoms with E-state index >= 15 is 0 Å². The Kier molecular flexibility index (Phi) is 5.71. The molecule has 0 spiro atoms. The van der Waals surface area contributed by atoms with Gasteiger partial charge in [-0.05, 0) is 24.7 Å². The predicted molar refractivity (Wildman–Crippen MR) is 70.7 cm³/mol. The van der Waals surface area contributed by atoms with E-state index in [1.165, 1.54) is 27.8 Å². The number of thioether (sulfide) groups is 1. The fraction of sp³-hybridized carbons (Fsp3) is 0.889. The van der Waals surface area contributed by atoms with E-state index < -0.39 is 6.72 Å². The average molecular weight is 283 g/mol. The Morgan fingerprint density at radius 2 is 2.31 bits per heavy atom. The molecule has 0 aromatic heterocycles. The summed E-state index contributed by atoms with van der Waals surface area (Å²) in [6, 6.07) is 0. The molecule has 7 heteroatoms. The van der Waals surface area contributed by atoms with Gasteiger partial charge in [-0.2, -0.15) is 0 Å². The van der Waals surface area contributed by atoms with E-state index in [1.54, 1.807) is 6.92 Å². The van der Waals surface area contributed by atoms with Gasteiger partial charge in [0.25, 0.3) is 0 Å². The number of hydrogen-bond donors (Lipinski definition) is 0. The molecule has 94 valence electrons. The van der Waals surface area contributed by atoms with Crippen molar-refractivity contribution in [3.8, 4) is 0 Å². The van der Waals surface area contributed by atoms with E-state index in [0.29, 0.717) is 18.2 Å². The highest BCUT2D eigenvalue weighted by Crippen LogP contribution is 2.65. The Hall–Kier alpha value is 0.360. The molecule has 1 amide bonds. The van der Waals surface area contributed by atoms with Gasteiger partial charge >= 0.3 is 6.72 Å². The summed E-state index contributed by atoms with van der Waals surface area (Å²) in [5.41, 5.74) is 0. The van der Waals surface area contributed by atoms with Crippen molar-refractivity contribution in [2.75, 3.05) is 18.2 Å². The maximum absolute atomic E-state index is 12.6. The Labute approximate surface area is 105 Å². The van der Waals surface area contributed by atoms with Crippen LogP contribution >= 0.6 is 29.9 Å². The fourth-order valence-electron chi connectivity index (χ4n) is 1.20. The van der Waals surface area contributed by atoms with Crippen LogP contribution in [0, 0.1) is 0 Å². The minimum absolute atomic E-state index is 0.0717. The van der Waals surface area contributed by atoms with E-state index in [-0.39, 0.29) is 11.2 Å². The zero-order valence-corrected chi connectivity index (χ0v) is 12.4. The van der Waals surface area contributed by atoms with Crippen molar-refractivity contribution in [2.24, 2.45) is 0 Å². The van der Waals surface area contributed by atoms with Gasteiger partial charge in [0.05, 0.1) is 18.2 Å². The van der Waals surface area contributed by atoms with Gasteiger partial charge in [-0.1, -0.05) is 13.8 Å². The highest BCUT2D eigenvalue weighted by Gasteiger charge is 2.40. The first-order chi connectivity index (χ1) is 7.53. The maximum Gasteiger partial charge on any atom is 0.356 e. The smallest absolute Gasteiger partial charge is 0.306 e. The van der Waals surface area contributed by atoms with Crippen LogP contribution in [0.3, 0.4) is 0 Å². The van der Waals surface area contributed by atoms with Gasteiger partial charge in [-0.15, -0.1) is 11.8 Å². The number of amides is 1. The van der Waals surface area contributed by atoms with E-state index in [9.17, 15) is 9.36 Å². The van der Waals surface area contributed by atoms with E-state index in [1.807, 2.05) is 13.8 Å². The lowest BCUT2D eigenvalue weighted by Gasteiger charge is -2.27. The second-order valence-electron chi connectivity index (χ2n) is 3.48. The quantitative estimate of drug-likeness (QED) is 0.701. The minimum Gasteiger partial charge on any atom is -0.306 e. The van der Waals surface area contributed by atoms with Crippen LogP contribution in [0.15, 0.2) is 0 Å². The summed E-state index contributed by atoms with van der Waals surface area (Å²) in [4.78, 5) is 11.6. The molecule has 0 N–H and O–H groups in total. The van der Waals surface area contributed by atoms with Gasteiger partial charge in [0.15, 0.2) is 0 Å². The van der Waals surface area contributed by atoms with Crippen molar-refractivity contribution in [3.05, 3.63) is 0 Å². The topological polar surface area (TPSA) is 46.6 Å². The number of hydrogen-bond acceptors (Lipinski definition) is 5. The van der Waals surface area contributed by atoms with Crippen molar-refractivity contribution in [2.45, 2.75) is 32.4 Å². The minimum atomic E-state index is -3.02. The van der Waals surface area contributed by atoms with E-state index in [2.05, 4.69) is 0 Å². The summed E-state index contributed by atoms with van der Waals surface area (Å²) in [5, 5.41) is 0.232. The molecule has 1 rings (SSSR count).